The zero-order chi connectivity index (χ0) is 20.9. The number of alkyl carbamates (subject to hydrolysis) is 1. The van der Waals surface area contributed by atoms with Crippen LogP contribution >= 0.6 is 0 Å². The van der Waals surface area contributed by atoms with Crippen molar-refractivity contribution in [3.63, 3.8) is 0 Å². The quantitative estimate of drug-likeness (QED) is 0.772. The smallest absolute Gasteiger partial charge is 0.407 e. The van der Waals surface area contributed by atoms with Crippen LogP contribution in [-0.4, -0.2) is 31.9 Å². The Bertz CT molecular complexity index is 856. The molecule has 0 bridgehead atoms. The average molecular weight is 389 g/mol. The number of hydrogen-bond donors (Lipinski definition) is 1. The average Bonchev–Trinajstić information content (AvgIpc) is 2.65. The Morgan fingerprint density at radius 1 is 1.04 bits per heavy atom. The van der Waals surface area contributed by atoms with E-state index in [-0.39, 0.29) is 17.9 Å². The topological polar surface area (TPSA) is 73.9 Å². The summed E-state index contributed by atoms with van der Waals surface area (Å²) < 4.78 is 29.8. The van der Waals surface area contributed by atoms with Crippen LogP contribution in [-0.2, 0) is 16.0 Å². The lowest BCUT2D eigenvalue weighted by molar-refractivity contribution is 0.0522. The fourth-order valence-corrected chi connectivity index (χ4v) is 2.58. The lowest BCUT2D eigenvalue weighted by Gasteiger charge is -2.20. The van der Waals surface area contributed by atoms with Crippen molar-refractivity contribution in [1.82, 2.24) is 5.32 Å². The van der Waals surface area contributed by atoms with Gasteiger partial charge in [-0.05, 0) is 50.1 Å². The number of benzene rings is 2. The molecule has 0 spiro atoms. The van der Waals surface area contributed by atoms with Crippen molar-refractivity contribution < 1.29 is 28.2 Å². The number of ether oxygens (including phenoxy) is 3. The Kier molecular flexibility index (Phi) is 6.62. The largest absolute Gasteiger partial charge is 0.494 e. The summed E-state index contributed by atoms with van der Waals surface area (Å²) in [6.45, 7) is 5.14. The van der Waals surface area contributed by atoms with Crippen LogP contribution in [0.1, 0.15) is 36.7 Å². The van der Waals surface area contributed by atoms with Crippen molar-refractivity contribution >= 4 is 12.1 Å². The molecule has 2 rings (SSSR count). The predicted octanol–water partition coefficient (Wildman–Crippen LogP) is 4.31. The Balaban J connectivity index is 2.35. The molecule has 0 heterocycles. The first-order chi connectivity index (χ1) is 13.2. The first kappa shape index (κ1) is 21.2. The Hall–Kier alpha value is -3.09. The highest BCUT2D eigenvalue weighted by atomic mass is 19.1. The van der Waals surface area contributed by atoms with Gasteiger partial charge in [-0.15, -0.1) is 0 Å². The van der Waals surface area contributed by atoms with Gasteiger partial charge >= 0.3 is 12.1 Å². The minimum absolute atomic E-state index is 0.0657. The van der Waals surface area contributed by atoms with E-state index >= 15 is 0 Å². The molecule has 0 unspecified atom stereocenters. The Morgan fingerprint density at radius 3 is 2.21 bits per heavy atom. The molecule has 28 heavy (non-hydrogen) atoms. The number of methoxy groups -OCH3 is 2. The first-order valence-electron chi connectivity index (χ1n) is 8.67. The standard InChI is InChI=1S/C21H24FNO5/c1-21(2,3)28-20(25)23-12-16-15(10-11-17(26-4)18(16)22)13-6-8-14(9-7-13)19(24)27-5/h6-11H,12H2,1-5H3,(H,23,25). The van der Waals surface area contributed by atoms with Crippen LogP contribution in [0, 0.1) is 5.82 Å². The molecule has 150 valence electrons. The molecule has 1 N–H and O–H groups in total. The lowest BCUT2D eigenvalue weighted by atomic mass is 9.97. The van der Waals surface area contributed by atoms with Crippen LogP contribution in [0.15, 0.2) is 36.4 Å². The normalized spacial score (nSPS) is 10.9. The molecule has 0 radical (unpaired) electrons. The molecule has 0 fully saturated rings. The molecule has 6 nitrogen and oxygen atoms in total. The van der Waals surface area contributed by atoms with Gasteiger partial charge in [0.05, 0.1) is 19.8 Å². The zero-order valence-electron chi connectivity index (χ0n) is 16.6. The SMILES string of the molecule is COC(=O)c1ccc(-c2ccc(OC)c(F)c2CNC(=O)OC(C)(C)C)cc1. The number of carbonyl (C=O) groups excluding carboxylic acids is 2. The summed E-state index contributed by atoms with van der Waals surface area (Å²) >= 11 is 0. The van der Waals surface area contributed by atoms with Gasteiger partial charge in [-0.3, -0.25) is 0 Å². The lowest BCUT2D eigenvalue weighted by Crippen LogP contribution is -2.32. The van der Waals surface area contributed by atoms with E-state index < -0.39 is 23.5 Å². The summed E-state index contributed by atoms with van der Waals surface area (Å²) in [5.74, 6) is -0.969. The van der Waals surface area contributed by atoms with Gasteiger partial charge in [0.25, 0.3) is 0 Å². The van der Waals surface area contributed by atoms with E-state index in [9.17, 15) is 14.0 Å². The van der Waals surface area contributed by atoms with Gasteiger partial charge in [-0.1, -0.05) is 18.2 Å². The molecular formula is C21H24FNO5. The van der Waals surface area contributed by atoms with E-state index in [4.69, 9.17) is 9.47 Å². The molecule has 0 aromatic heterocycles. The van der Waals surface area contributed by atoms with Crippen molar-refractivity contribution in [3.8, 4) is 16.9 Å². The van der Waals surface area contributed by atoms with Crippen LogP contribution in [0.25, 0.3) is 11.1 Å². The van der Waals surface area contributed by atoms with Gasteiger partial charge < -0.3 is 19.5 Å². The van der Waals surface area contributed by atoms with Gasteiger partial charge in [0.15, 0.2) is 11.6 Å². The fourth-order valence-electron chi connectivity index (χ4n) is 2.58. The third-order valence-electron chi connectivity index (χ3n) is 3.85. The minimum Gasteiger partial charge on any atom is -0.494 e. The van der Waals surface area contributed by atoms with Gasteiger partial charge in [0.2, 0.25) is 0 Å². The molecule has 0 aliphatic rings. The maximum absolute atomic E-state index is 14.9. The van der Waals surface area contributed by atoms with Gasteiger partial charge in [0.1, 0.15) is 5.60 Å². The van der Waals surface area contributed by atoms with Gasteiger partial charge in [-0.2, -0.15) is 0 Å². The monoisotopic (exact) mass is 389 g/mol. The maximum atomic E-state index is 14.9. The summed E-state index contributed by atoms with van der Waals surface area (Å²) in [6.07, 6.45) is -0.651. The number of esters is 1. The van der Waals surface area contributed by atoms with E-state index in [0.29, 0.717) is 16.7 Å². The molecule has 0 saturated carbocycles. The summed E-state index contributed by atoms with van der Waals surface area (Å²) in [6, 6.07) is 9.76. The van der Waals surface area contributed by atoms with Crippen LogP contribution < -0.4 is 10.1 Å². The zero-order valence-corrected chi connectivity index (χ0v) is 16.6. The summed E-state index contributed by atoms with van der Waals surface area (Å²) in [4.78, 5) is 23.6. The van der Waals surface area contributed by atoms with Crippen LogP contribution in [0.5, 0.6) is 5.75 Å². The van der Waals surface area contributed by atoms with Crippen molar-refractivity contribution in [1.29, 1.82) is 0 Å². The second-order valence-electron chi connectivity index (χ2n) is 7.03. The van der Waals surface area contributed by atoms with Crippen molar-refractivity contribution in [2.75, 3.05) is 14.2 Å². The number of rotatable bonds is 5. The van der Waals surface area contributed by atoms with E-state index in [1.54, 1.807) is 51.1 Å². The van der Waals surface area contributed by atoms with E-state index in [2.05, 4.69) is 10.1 Å². The van der Waals surface area contributed by atoms with Crippen LogP contribution in [0.4, 0.5) is 9.18 Å². The first-order valence-corrected chi connectivity index (χ1v) is 8.67. The highest BCUT2D eigenvalue weighted by Gasteiger charge is 2.19. The molecule has 0 saturated heterocycles. The molecular weight excluding hydrogens is 365 g/mol. The third-order valence-corrected chi connectivity index (χ3v) is 3.85. The summed E-state index contributed by atoms with van der Waals surface area (Å²) in [7, 11) is 2.67. The minimum atomic E-state index is -0.663. The van der Waals surface area contributed by atoms with E-state index in [1.807, 2.05) is 0 Å². The van der Waals surface area contributed by atoms with Crippen molar-refractivity contribution in [2.45, 2.75) is 32.9 Å². The van der Waals surface area contributed by atoms with Crippen molar-refractivity contribution in [3.05, 3.63) is 53.3 Å². The van der Waals surface area contributed by atoms with Crippen LogP contribution in [0.2, 0.25) is 0 Å². The maximum Gasteiger partial charge on any atom is 0.407 e. The highest BCUT2D eigenvalue weighted by molar-refractivity contribution is 5.90. The van der Waals surface area contributed by atoms with E-state index in [0.717, 1.165) is 0 Å². The molecule has 0 aliphatic heterocycles. The third kappa shape index (κ3) is 5.22. The molecule has 0 atom stereocenters. The van der Waals surface area contributed by atoms with Gasteiger partial charge in [-0.25, -0.2) is 14.0 Å². The molecule has 0 aliphatic carbocycles. The Morgan fingerprint density at radius 2 is 1.68 bits per heavy atom. The fraction of sp³-hybridized carbons (Fsp3) is 0.333. The number of halogens is 1. The second kappa shape index (κ2) is 8.73. The molecule has 2 aromatic rings. The number of hydrogen-bond acceptors (Lipinski definition) is 5. The molecule has 7 heteroatoms. The number of nitrogens with one attached hydrogen (secondary N) is 1. The summed E-state index contributed by atoms with van der Waals surface area (Å²) in [5, 5.41) is 2.57. The highest BCUT2D eigenvalue weighted by Crippen LogP contribution is 2.31. The predicted molar refractivity (Wildman–Crippen MR) is 103 cm³/mol. The molecule has 2 aromatic carbocycles. The van der Waals surface area contributed by atoms with Crippen LogP contribution in [0.3, 0.4) is 0 Å². The Labute approximate surface area is 163 Å². The molecule has 1 amide bonds. The van der Waals surface area contributed by atoms with Gasteiger partial charge in [0, 0.05) is 12.1 Å². The number of carbonyl (C=O) groups is 2. The number of amides is 1. The van der Waals surface area contributed by atoms with E-state index in [1.165, 1.54) is 20.3 Å². The van der Waals surface area contributed by atoms with Crippen molar-refractivity contribution in [2.24, 2.45) is 0 Å². The second-order valence-corrected chi connectivity index (χ2v) is 7.03. The summed E-state index contributed by atoms with van der Waals surface area (Å²) in [5.41, 5.74) is 1.20.